The Kier molecular flexibility index (Phi) is 4.56. The van der Waals surface area contributed by atoms with Crippen LogP contribution < -0.4 is 0 Å². The minimum atomic E-state index is 0.221. The van der Waals surface area contributed by atoms with Crippen LogP contribution in [0.5, 0.6) is 0 Å². The SMILES string of the molecule is Cc1ccc(C)c(C(C)Cc2cccc(C(C)(C)C)c2)c1. The lowest BCUT2D eigenvalue weighted by molar-refractivity contribution is 0.588. The lowest BCUT2D eigenvalue weighted by Gasteiger charge is -2.21. The van der Waals surface area contributed by atoms with Crippen molar-refractivity contribution in [1.29, 1.82) is 0 Å². The maximum atomic E-state index is 2.38. The fourth-order valence-electron chi connectivity index (χ4n) is 2.92. The Labute approximate surface area is 130 Å². The van der Waals surface area contributed by atoms with Crippen LogP contribution in [0.4, 0.5) is 0 Å². The number of aryl methyl sites for hydroxylation is 2. The molecule has 0 aliphatic heterocycles. The third-order valence-electron chi connectivity index (χ3n) is 4.30. The summed E-state index contributed by atoms with van der Waals surface area (Å²) in [5, 5.41) is 0. The van der Waals surface area contributed by atoms with Crippen LogP contribution in [-0.2, 0) is 11.8 Å². The molecule has 0 heteroatoms. The van der Waals surface area contributed by atoms with E-state index in [1.54, 1.807) is 0 Å². The Morgan fingerprint density at radius 2 is 1.67 bits per heavy atom. The first-order valence-corrected chi connectivity index (χ1v) is 7.94. The molecule has 0 bridgehead atoms. The van der Waals surface area contributed by atoms with E-state index in [2.05, 4.69) is 84.0 Å². The minimum Gasteiger partial charge on any atom is -0.0617 e. The minimum absolute atomic E-state index is 0.221. The molecular formula is C21H28. The first kappa shape index (κ1) is 15.8. The quantitative estimate of drug-likeness (QED) is 0.652. The van der Waals surface area contributed by atoms with E-state index in [-0.39, 0.29) is 5.41 Å². The van der Waals surface area contributed by atoms with Crippen molar-refractivity contribution in [1.82, 2.24) is 0 Å². The van der Waals surface area contributed by atoms with Crippen molar-refractivity contribution >= 4 is 0 Å². The highest BCUT2D eigenvalue weighted by atomic mass is 14.2. The van der Waals surface area contributed by atoms with Crippen molar-refractivity contribution in [3.8, 4) is 0 Å². The Bertz CT molecular complexity index is 614. The molecule has 0 aliphatic carbocycles. The van der Waals surface area contributed by atoms with Crippen LogP contribution in [0.25, 0.3) is 0 Å². The monoisotopic (exact) mass is 280 g/mol. The molecular weight excluding hydrogens is 252 g/mol. The normalized spacial score (nSPS) is 13.2. The molecule has 1 unspecified atom stereocenters. The molecule has 0 saturated carbocycles. The van der Waals surface area contributed by atoms with E-state index in [1.165, 1.54) is 27.8 Å². The van der Waals surface area contributed by atoms with E-state index >= 15 is 0 Å². The highest BCUT2D eigenvalue weighted by Crippen LogP contribution is 2.27. The summed E-state index contributed by atoms with van der Waals surface area (Å²) in [4.78, 5) is 0. The molecule has 0 aliphatic rings. The van der Waals surface area contributed by atoms with E-state index < -0.39 is 0 Å². The van der Waals surface area contributed by atoms with Gasteiger partial charge in [0, 0.05) is 0 Å². The third kappa shape index (κ3) is 3.97. The molecule has 0 radical (unpaired) electrons. The molecule has 0 aromatic heterocycles. The van der Waals surface area contributed by atoms with Crippen molar-refractivity contribution in [2.45, 2.75) is 59.3 Å². The molecule has 2 aromatic carbocycles. The average molecular weight is 280 g/mol. The Hall–Kier alpha value is -1.56. The smallest absolute Gasteiger partial charge is 0.0132 e. The van der Waals surface area contributed by atoms with Crippen molar-refractivity contribution in [3.63, 3.8) is 0 Å². The molecule has 0 nitrogen and oxygen atoms in total. The Balaban J connectivity index is 2.23. The van der Waals surface area contributed by atoms with E-state index in [0.717, 1.165) is 6.42 Å². The topological polar surface area (TPSA) is 0 Å². The van der Waals surface area contributed by atoms with Crippen LogP contribution in [-0.4, -0.2) is 0 Å². The van der Waals surface area contributed by atoms with Crippen molar-refractivity contribution in [2.24, 2.45) is 0 Å². The molecule has 0 heterocycles. The molecule has 1 atom stereocenters. The van der Waals surface area contributed by atoms with Crippen LogP contribution in [0.1, 0.15) is 61.4 Å². The van der Waals surface area contributed by atoms with Crippen LogP contribution in [0.3, 0.4) is 0 Å². The third-order valence-corrected chi connectivity index (χ3v) is 4.30. The molecule has 2 rings (SSSR count). The summed E-state index contributed by atoms with van der Waals surface area (Å²) in [7, 11) is 0. The molecule has 0 saturated heterocycles. The zero-order valence-electron chi connectivity index (χ0n) is 14.3. The number of benzene rings is 2. The zero-order chi connectivity index (χ0) is 15.6. The summed E-state index contributed by atoms with van der Waals surface area (Å²) in [6.07, 6.45) is 1.11. The number of rotatable bonds is 3. The van der Waals surface area contributed by atoms with Gasteiger partial charge in [0.1, 0.15) is 0 Å². The number of hydrogen-bond donors (Lipinski definition) is 0. The average Bonchev–Trinajstić information content (AvgIpc) is 2.41. The van der Waals surface area contributed by atoms with Gasteiger partial charge in [-0.15, -0.1) is 0 Å². The maximum Gasteiger partial charge on any atom is -0.0132 e. The van der Waals surface area contributed by atoms with E-state index in [9.17, 15) is 0 Å². The molecule has 0 N–H and O–H groups in total. The second-order valence-electron chi connectivity index (χ2n) is 7.42. The zero-order valence-corrected chi connectivity index (χ0v) is 14.3. The van der Waals surface area contributed by atoms with Crippen LogP contribution in [0, 0.1) is 13.8 Å². The van der Waals surface area contributed by atoms with Gasteiger partial charge < -0.3 is 0 Å². The molecule has 2 aromatic rings. The summed E-state index contributed by atoms with van der Waals surface area (Å²) in [6.45, 7) is 13.6. The first-order chi connectivity index (χ1) is 9.77. The summed E-state index contributed by atoms with van der Waals surface area (Å²) in [5.41, 5.74) is 7.32. The van der Waals surface area contributed by atoms with Gasteiger partial charge in [-0.05, 0) is 53.9 Å². The van der Waals surface area contributed by atoms with E-state index in [0.29, 0.717) is 5.92 Å². The van der Waals surface area contributed by atoms with E-state index in [4.69, 9.17) is 0 Å². The van der Waals surface area contributed by atoms with E-state index in [1.807, 2.05) is 0 Å². The molecule has 112 valence electrons. The van der Waals surface area contributed by atoms with Crippen LogP contribution in [0.15, 0.2) is 42.5 Å². The van der Waals surface area contributed by atoms with Gasteiger partial charge in [0.05, 0.1) is 0 Å². The highest BCUT2D eigenvalue weighted by molar-refractivity contribution is 5.35. The van der Waals surface area contributed by atoms with Gasteiger partial charge >= 0.3 is 0 Å². The first-order valence-electron chi connectivity index (χ1n) is 7.94. The molecule has 0 amide bonds. The fourth-order valence-corrected chi connectivity index (χ4v) is 2.92. The van der Waals surface area contributed by atoms with Crippen LogP contribution >= 0.6 is 0 Å². The summed E-state index contributed by atoms with van der Waals surface area (Å²) < 4.78 is 0. The van der Waals surface area contributed by atoms with Gasteiger partial charge in [-0.2, -0.15) is 0 Å². The molecule has 0 spiro atoms. The van der Waals surface area contributed by atoms with Gasteiger partial charge in [0.2, 0.25) is 0 Å². The lowest BCUT2D eigenvalue weighted by Crippen LogP contribution is -2.11. The summed E-state index contributed by atoms with van der Waals surface area (Å²) >= 11 is 0. The predicted octanol–water partition coefficient (Wildman–Crippen LogP) is 5.95. The van der Waals surface area contributed by atoms with Gasteiger partial charge in [-0.1, -0.05) is 75.7 Å². The fraction of sp³-hybridized carbons (Fsp3) is 0.429. The van der Waals surface area contributed by atoms with Gasteiger partial charge in [0.25, 0.3) is 0 Å². The van der Waals surface area contributed by atoms with Gasteiger partial charge in [0.15, 0.2) is 0 Å². The molecule has 0 fully saturated rings. The Morgan fingerprint density at radius 1 is 0.952 bits per heavy atom. The number of hydrogen-bond acceptors (Lipinski definition) is 0. The predicted molar refractivity (Wildman–Crippen MR) is 93.2 cm³/mol. The second kappa shape index (κ2) is 6.05. The lowest BCUT2D eigenvalue weighted by atomic mass is 9.84. The standard InChI is InChI=1S/C21H28/c1-15-10-11-16(2)20(12-15)17(3)13-18-8-7-9-19(14-18)21(4,5)6/h7-12,14,17H,13H2,1-6H3. The van der Waals surface area contributed by atoms with Gasteiger partial charge in [-0.3, -0.25) is 0 Å². The summed E-state index contributed by atoms with van der Waals surface area (Å²) in [6, 6.07) is 15.9. The summed E-state index contributed by atoms with van der Waals surface area (Å²) in [5.74, 6) is 0.556. The van der Waals surface area contributed by atoms with Gasteiger partial charge in [-0.25, -0.2) is 0 Å². The largest absolute Gasteiger partial charge is 0.0617 e. The maximum absolute atomic E-state index is 2.38. The molecule has 21 heavy (non-hydrogen) atoms. The van der Waals surface area contributed by atoms with Crippen molar-refractivity contribution in [2.75, 3.05) is 0 Å². The van der Waals surface area contributed by atoms with Crippen molar-refractivity contribution < 1.29 is 0 Å². The van der Waals surface area contributed by atoms with Crippen LogP contribution in [0.2, 0.25) is 0 Å². The van der Waals surface area contributed by atoms with Crippen molar-refractivity contribution in [3.05, 3.63) is 70.3 Å². The second-order valence-corrected chi connectivity index (χ2v) is 7.42. The Morgan fingerprint density at radius 3 is 2.33 bits per heavy atom. The highest BCUT2D eigenvalue weighted by Gasteiger charge is 2.15.